The molecule has 26 heteroatoms. The third-order valence-corrected chi connectivity index (χ3v) is 10.6. The van der Waals surface area contributed by atoms with Crippen LogP contribution in [0.4, 0.5) is 0 Å². The van der Waals surface area contributed by atoms with Crippen LogP contribution in [0.3, 0.4) is 0 Å². The fraction of sp³-hybridized carbons (Fsp3) is 0.783. The summed E-state index contributed by atoms with van der Waals surface area (Å²) in [5.74, 6) is -9.05. The van der Waals surface area contributed by atoms with Crippen molar-refractivity contribution in [2.75, 3.05) is 26.4 Å². The van der Waals surface area contributed by atoms with Crippen LogP contribution in [-0.2, 0) is 124 Å². The highest BCUT2D eigenvalue weighted by Gasteiger charge is 2.59. The molecule has 0 saturated carbocycles. The molecule has 3 heterocycles. The number of hydrogen-bond donors (Lipinski definition) is 0. The lowest BCUT2D eigenvalue weighted by Gasteiger charge is -2.49. The van der Waals surface area contributed by atoms with E-state index in [1.165, 1.54) is 0 Å². The second-order valence-corrected chi connectivity index (χ2v) is 16.9. The Morgan fingerprint density at radius 2 is 0.625 bits per heavy atom. The largest absolute Gasteiger partial charge is 0.463 e. The van der Waals surface area contributed by atoms with E-state index in [1.54, 1.807) is 0 Å². The lowest BCUT2D eigenvalue weighted by Crippen LogP contribution is -2.67. The first-order chi connectivity index (χ1) is 33.9. The molecule has 3 rings (SSSR count). The number of carbonyl (C=O) groups excluding carboxylic acids is 10. The van der Waals surface area contributed by atoms with Gasteiger partial charge >= 0.3 is 59.7 Å². The molecule has 0 aromatic rings. The van der Waals surface area contributed by atoms with Gasteiger partial charge in [-0.2, -0.15) is 0 Å². The van der Waals surface area contributed by atoms with Crippen LogP contribution in [0, 0.1) is 0 Å². The van der Waals surface area contributed by atoms with Crippen LogP contribution < -0.4 is 0 Å². The van der Waals surface area contributed by atoms with E-state index in [9.17, 15) is 47.9 Å². The molecule has 0 unspecified atom stereocenters. The predicted molar refractivity (Wildman–Crippen MR) is 234 cm³/mol. The van der Waals surface area contributed by atoms with E-state index in [4.69, 9.17) is 75.8 Å². The minimum atomic E-state index is -1.94. The average Bonchev–Trinajstić information content (AvgIpc) is 3.25. The normalized spacial score (nSPS) is 30.0. The molecule has 408 valence electrons. The van der Waals surface area contributed by atoms with Gasteiger partial charge in [-0.25, -0.2) is 0 Å². The SMILES string of the molecule is CCCCCCCCO[C@@H]1O[C@H](CO[C@H]2O[C@H](COC(C)=O)[C@@H](OC(C)=O)[C@H](OC(C)=O)[C@@H]2OC(C)=O)[C@@H](OC(C)=O)[C@H](O[C@H]2O[C@H](COC(C)=O)[C@@H](OC(C)=O)[C@H](OC(C)=O)[C@@H]2OC(C)=O)[C@@H]1OC(C)=O. The Bertz CT molecular complexity index is 1870. The number of carbonyl (C=O) groups is 10. The van der Waals surface area contributed by atoms with Gasteiger partial charge in [-0.05, 0) is 6.42 Å². The van der Waals surface area contributed by atoms with Gasteiger partial charge in [0.2, 0.25) is 0 Å². The van der Waals surface area contributed by atoms with Crippen molar-refractivity contribution in [1.29, 1.82) is 0 Å². The molecule has 15 atom stereocenters. The van der Waals surface area contributed by atoms with Gasteiger partial charge in [-0.1, -0.05) is 39.0 Å². The van der Waals surface area contributed by atoms with E-state index in [-0.39, 0.29) is 6.61 Å². The summed E-state index contributed by atoms with van der Waals surface area (Å²) in [4.78, 5) is 125. The van der Waals surface area contributed by atoms with E-state index >= 15 is 0 Å². The van der Waals surface area contributed by atoms with Gasteiger partial charge < -0.3 is 75.8 Å². The number of esters is 10. The van der Waals surface area contributed by atoms with Crippen LogP contribution >= 0.6 is 0 Å². The molecule has 0 bridgehead atoms. The van der Waals surface area contributed by atoms with E-state index in [0.29, 0.717) is 6.42 Å². The summed E-state index contributed by atoms with van der Waals surface area (Å²) in [7, 11) is 0. The van der Waals surface area contributed by atoms with E-state index in [1.807, 2.05) is 0 Å². The van der Waals surface area contributed by atoms with Gasteiger partial charge in [0, 0.05) is 75.8 Å². The first-order valence-electron chi connectivity index (χ1n) is 23.4. The summed E-state index contributed by atoms with van der Waals surface area (Å²) >= 11 is 0. The zero-order valence-corrected chi connectivity index (χ0v) is 42.3. The van der Waals surface area contributed by atoms with Crippen LogP contribution in [0.15, 0.2) is 0 Å². The summed E-state index contributed by atoms with van der Waals surface area (Å²) in [6, 6.07) is 0. The van der Waals surface area contributed by atoms with Crippen molar-refractivity contribution in [3.63, 3.8) is 0 Å². The molecule has 0 amide bonds. The van der Waals surface area contributed by atoms with Gasteiger partial charge in [0.1, 0.15) is 37.6 Å². The monoisotopic (exact) mass is 1040 g/mol. The summed E-state index contributed by atoms with van der Waals surface area (Å²) in [6.45, 7) is 10.4. The minimum Gasteiger partial charge on any atom is -0.463 e. The van der Waals surface area contributed by atoms with Gasteiger partial charge in [-0.3, -0.25) is 47.9 Å². The Morgan fingerprint density at radius 1 is 0.319 bits per heavy atom. The molecular formula is C46H68O26. The highest BCUT2D eigenvalue weighted by atomic mass is 16.8. The standard InChI is InChI=1S/C46H68O26/c1-12-13-14-15-16-17-18-57-44-42(67-30(10)55)40(72-46-43(68-31(11)56)39(65-28(8)53)36(62-25(5)50)33(71-46)20-59-23(3)48)37(63-26(6)51)34(69-44)21-60-45-41(66-29(9)54)38(64-27(7)52)35(61-24(4)49)32(70-45)19-58-22(2)47/h32-46H,12-21H2,1-11H3/t32-,33-,34-,35-,36-,37-,38+,39+,40+,41+,42+,43+,44-,45+,46-/m1/s1. The number of unbranched alkanes of at least 4 members (excludes halogenated alkanes) is 5. The van der Waals surface area contributed by atoms with Crippen LogP contribution in [0.5, 0.6) is 0 Å². The quantitative estimate of drug-likeness (QED) is 0.0711. The Balaban J connectivity index is 2.26. The summed E-state index contributed by atoms with van der Waals surface area (Å²) < 4.78 is 92.9. The van der Waals surface area contributed by atoms with E-state index in [0.717, 1.165) is 101 Å². The van der Waals surface area contributed by atoms with Crippen molar-refractivity contribution in [3.8, 4) is 0 Å². The van der Waals surface area contributed by atoms with Crippen molar-refractivity contribution in [1.82, 2.24) is 0 Å². The fourth-order valence-corrected chi connectivity index (χ4v) is 8.00. The Labute approximate surface area is 416 Å². The molecule has 3 saturated heterocycles. The Hall–Kier alpha value is -5.54. The molecule has 3 aliphatic heterocycles. The lowest BCUT2D eigenvalue weighted by molar-refractivity contribution is -0.367. The molecule has 3 fully saturated rings. The maximum atomic E-state index is 13.1. The number of hydrogen-bond acceptors (Lipinski definition) is 26. The molecule has 0 N–H and O–H groups in total. The molecule has 3 aliphatic rings. The zero-order valence-electron chi connectivity index (χ0n) is 42.3. The summed E-state index contributed by atoms with van der Waals surface area (Å²) in [5.41, 5.74) is 0. The molecule has 0 radical (unpaired) electrons. The molecule has 0 aromatic carbocycles. The lowest BCUT2D eigenvalue weighted by atomic mass is 9.95. The second kappa shape index (κ2) is 29.8. The molecule has 0 aromatic heterocycles. The van der Waals surface area contributed by atoms with Crippen molar-refractivity contribution in [3.05, 3.63) is 0 Å². The average molecular weight is 1040 g/mol. The first kappa shape index (κ1) is 60.8. The second-order valence-electron chi connectivity index (χ2n) is 16.9. The zero-order chi connectivity index (χ0) is 53.8. The summed E-state index contributed by atoms with van der Waals surface area (Å²) in [6.07, 6.45) is -20.1. The maximum Gasteiger partial charge on any atom is 0.303 e. The molecule has 0 spiro atoms. The van der Waals surface area contributed by atoms with Crippen molar-refractivity contribution in [2.45, 2.75) is 207 Å². The smallest absolute Gasteiger partial charge is 0.303 e. The number of rotatable bonds is 25. The summed E-state index contributed by atoms with van der Waals surface area (Å²) in [5, 5.41) is 0. The van der Waals surface area contributed by atoms with Crippen molar-refractivity contribution < 1.29 is 124 Å². The van der Waals surface area contributed by atoms with Crippen LogP contribution in [0.1, 0.15) is 115 Å². The van der Waals surface area contributed by atoms with Gasteiger partial charge in [0.25, 0.3) is 0 Å². The molecule has 0 aliphatic carbocycles. The highest BCUT2D eigenvalue weighted by Crippen LogP contribution is 2.37. The molecular weight excluding hydrogens is 968 g/mol. The first-order valence-corrected chi connectivity index (χ1v) is 23.4. The maximum absolute atomic E-state index is 13.1. The third kappa shape index (κ3) is 19.8. The Kier molecular flexibility index (Phi) is 25.2. The predicted octanol–water partition coefficient (Wildman–Crippen LogP) is 1.52. The van der Waals surface area contributed by atoms with Gasteiger partial charge in [-0.15, -0.1) is 0 Å². The van der Waals surface area contributed by atoms with Gasteiger partial charge in [0.15, 0.2) is 67.7 Å². The minimum absolute atomic E-state index is 0.00578. The molecule has 26 nitrogen and oxygen atoms in total. The van der Waals surface area contributed by atoms with Crippen molar-refractivity contribution in [2.24, 2.45) is 0 Å². The van der Waals surface area contributed by atoms with E-state index < -0.39 is 172 Å². The van der Waals surface area contributed by atoms with Crippen LogP contribution in [0.25, 0.3) is 0 Å². The molecule has 72 heavy (non-hydrogen) atoms. The third-order valence-electron chi connectivity index (χ3n) is 10.6. The van der Waals surface area contributed by atoms with Crippen molar-refractivity contribution >= 4 is 59.7 Å². The highest BCUT2D eigenvalue weighted by molar-refractivity contribution is 5.70. The number of ether oxygens (including phenoxy) is 16. The van der Waals surface area contributed by atoms with Gasteiger partial charge in [0.05, 0.1) is 6.61 Å². The van der Waals surface area contributed by atoms with Crippen LogP contribution in [-0.4, -0.2) is 178 Å². The topological polar surface area (TPSA) is 318 Å². The fourth-order valence-electron chi connectivity index (χ4n) is 8.00. The Morgan fingerprint density at radius 3 is 1.03 bits per heavy atom. The van der Waals surface area contributed by atoms with Crippen LogP contribution in [0.2, 0.25) is 0 Å². The van der Waals surface area contributed by atoms with E-state index in [2.05, 4.69) is 6.92 Å².